The Morgan fingerprint density at radius 3 is 2.65 bits per heavy atom. The maximum atomic E-state index is 3.81. The highest BCUT2D eigenvalue weighted by molar-refractivity contribution is 4.77. The van der Waals surface area contributed by atoms with Crippen LogP contribution in [0.3, 0.4) is 0 Å². The maximum absolute atomic E-state index is 3.81. The van der Waals surface area contributed by atoms with Crippen molar-refractivity contribution in [3.05, 3.63) is 0 Å². The van der Waals surface area contributed by atoms with E-state index in [-0.39, 0.29) is 0 Å². The number of hydrogen-bond acceptors (Lipinski definition) is 2. The molecular formula is C18H36N2. The number of likely N-dealkylation sites (tertiary alicyclic amines) is 1. The van der Waals surface area contributed by atoms with Crippen LogP contribution < -0.4 is 5.32 Å². The van der Waals surface area contributed by atoms with E-state index in [0.29, 0.717) is 0 Å². The van der Waals surface area contributed by atoms with Crippen molar-refractivity contribution in [1.82, 2.24) is 10.2 Å². The number of hydrogen-bond donors (Lipinski definition) is 1. The van der Waals surface area contributed by atoms with Crippen LogP contribution in [-0.2, 0) is 0 Å². The van der Waals surface area contributed by atoms with Crippen molar-refractivity contribution in [3.8, 4) is 0 Å². The Hall–Kier alpha value is -0.0800. The molecule has 0 aromatic carbocycles. The van der Waals surface area contributed by atoms with Crippen molar-refractivity contribution in [2.24, 2.45) is 17.8 Å². The summed E-state index contributed by atoms with van der Waals surface area (Å²) >= 11 is 0. The van der Waals surface area contributed by atoms with Gasteiger partial charge in [-0.25, -0.2) is 0 Å². The van der Waals surface area contributed by atoms with Crippen molar-refractivity contribution in [3.63, 3.8) is 0 Å². The first-order valence-corrected chi connectivity index (χ1v) is 9.11. The molecule has 3 unspecified atom stereocenters. The SMILES string of the molecule is CC1CCCC(NCCN2CCCC(C(C)C)CC2)C1. The van der Waals surface area contributed by atoms with E-state index in [4.69, 9.17) is 0 Å². The first kappa shape index (κ1) is 16.3. The lowest BCUT2D eigenvalue weighted by molar-refractivity contribution is 0.251. The minimum absolute atomic E-state index is 0.800. The standard InChI is InChI=1S/C18H36N2/c1-15(2)17-7-5-11-20(12-9-17)13-10-19-18-8-4-6-16(3)14-18/h15-19H,4-14H2,1-3H3. The van der Waals surface area contributed by atoms with Gasteiger partial charge in [0.1, 0.15) is 0 Å². The fourth-order valence-electron chi connectivity index (χ4n) is 4.12. The van der Waals surface area contributed by atoms with Gasteiger partial charge < -0.3 is 10.2 Å². The highest BCUT2D eigenvalue weighted by Crippen LogP contribution is 2.25. The molecule has 1 heterocycles. The van der Waals surface area contributed by atoms with Gasteiger partial charge in [0.2, 0.25) is 0 Å². The molecule has 1 aliphatic heterocycles. The van der Waals surface area contributed by atoms with Crippen LogP contribution in [0.4, 0.5) is 0 Å². The van der Waals surface area contributed by atoms with Gasteiger partial charge in [-0.05, 0) is 62.9 Å². The van der Waals surface area contributed by atoms with Gasteiger partial charge in [0.15, 0.2) is 0 Å². The Balaban J connectivity index is 1.61. The van der Waals surface area contributed by atoms with Crippen molar-refractivity contribution in [2.75, 3.05) is 26.2 Å². The van der Waals surface area contributed by atoms with Crippen LogP contribution in [0.1, 0.15) is 65.7 Å². The van der Waals surface area contributed by atoms with Crippen LogP contribution in [0, 0.1) is 17.8 Å². The van der Waals surface area contributed by atoms with E-state index in [1.165, 1.54) is 71.1 Å². The molecule has 0 aromatic rings. The smallest absolute Gasteiger partial charge is 0.0107 e. The third-order valence-electron chi connectivity index (χ3n) is 5.61. The molecule has 3 atom stereocenters. The zero-order chi connectivity index (χ0) is 14.4. The van der Waals surface area contributed by atoms with Crippen molar-refractivity contribution < 1.29 is 0 Å². The predicted molar refractivity (Wildman–Crippen MR) is 88.0 cm³/mol. The molecule has 1 N–H and O–H groups in total. The molecule has 0 spiro atoms. The molecule has 0 amide bonds. The first-order chi connectivity index (χ1) is 9.65. The monoisotopic (exact) mass is 280 g/mol. The van der Waals surface area contributed by atoms with Gasteiger partial charge in [0.25, 0.3) is 0 Å². The molecule has 0 aromatic heterocycles. The van der Waals surface area contributed by atoms with Crippen LogP contribution >= 0.6 is 0 Å². The molecule has 1 aliphatic carbocycles. The molecular weight excluding hydrogens is 244 g/mol. The average molecular weight is 280 g/mol. The molecule has 0 radical (unpaired) electrons. The summed E-state index contributed by atoms with van der Waals surface area (Å²) in [6.45, 7) is 12.3. The zero-order valence-electron chi connectivity index (χ0n) is 14.0. The lowest BCUT2D eigenvalue weighted by atomic mass is 9.87. The lowest BCUT2D eigenvalue weighted by Gasteiger charge is -2.29. The summed E-state index contributed by atoms with van der Waals surface area (Å²) in [6.07, 6.45) is 9.94. The van der Waals surface area contributed by atoms with E-state index in [2.05, 4.69) is 31.0 Å². The zero-order valence-corrected chi connectivity index (χ0v) is 14.0. The second kappa shape index (κ2) is 8.38. The summed E-state index contributed by atoms with van der Waals surface area (Å²) in [5.41, 5.74) is 0. The third kappa shape index (κ3) is 5.37. The van der Waals surface area contributed by atoms with Crippen LogP contribution in [-0.4, -0.2) is 37.1 Å². The molecule has 2 fully saturated rings. The van der Waals surface area contributed by atoms with E-state index < -0.39 is 0 Å². The Bertz CT molecular complexity index is 264. The normalized spacial score (nSPS) is 33.3. The maximum Gasteiger partial charge on any atom is 0.0107 e. The Morgan fingerprint density at radius 2 is 1.90 bits per heavy atom. The third-order valence-corrected chi connectivity index (χ3v) is 5.61. The summed E-state index contributed by atoms with van der Waals surface area (Å²) in [5.74, 6) is 2.77. The number of nitrogens with zero attached hydrogens (tertiary/aromatic N) is 1. The van der Waals surface area contributed by atoms with Gasteiger partial charge in [0.05, 0.1) is 0 Å². The summed E-state index contributed by atoms with van der Waals surface area (Å²) in [4.78, 5) is 2.70. The summed E-state index contributed by atoms with van der Waals surface area (Å²) in [7, 11) is 0. The Labute approximate surface area is 126 Å². The van der Waals surface area contributed by atoms with Crippen LogP contribution in [0.5, 0.6) is 0 Å². The predicted octanol–water partition coefficient (Wildman–Crippen LogP) is 3.91. The molecule has 2 rings (SSSR count). The van der Waals surface area contributed by atoms with Gasteiger partial charge in [-0.15, -0.1) is 0 Å². The van der Waals surface area contributed by atoms with Crippen molar-refractivity contribution in [1.29, 1.82) is 0 Å². The number of nitrogens with one attached hydrogen (secondary N) is 1. The molecule has 1 saturated carbocycles. The minimum Gasteiger partial charge on any atom is -0.313 e. The van der Waals surface area contributed by atoms with Crippen LogP contribution in [0.2, 0.25) is 0 Å². The van der Waals surface area contributed by atoms with E-state index in [0.717, 1.165) is 23.8 Å². The number of rotatable bonds is 5. The summed E-state index contributed by atoms with van der Waals surface area (Å²) < 4.78 is 0. The molecule has 118 valence electrons. The van der Waals surface area contributed by atoms with Gasteiger partial charge in [-0.3, -0.25) is 0 Å². The molecule has 2 aliphatic rings. The van der Waals surface area contributed by atoms with Gasteiger partial charge in [-0.2, -0.15) is 0 Å². The molecule has 1 saturated heterocycles. The lowest BCUT2D eigenvalue weighted by Crippen LogP contribution is -2.39. The molecule has 20 heavy (non-hydrogen) atoms. The Morgan fingerprint density at radius 1 is 1.05 bits per heavy atom. The van der Waals surface area contributed by atoms with Gasteiger partial charge >= 0.3 is 0 Å². The van der Waals surface area contributed by atoms with Crippen molar-refractivity contribution >= 4 is 0 Å². The van der Waals surface area contributed by atoms with Crippen molar-refractivity contribution in [2.45, 2.75) is 71.8 Å². The first-order valence-electron chi connectivity index (χ1n) is 9.11. The molecule has 0 bridgehead atoms. The topological polar surface area (TPSA) is 15.3 Å². The van der Waals surface area contributed by atoms with E-state index >= 15 is 0 Å². The molecule has 2 nitrogen and oxygen atoms in total. The van der Waals surface area contributed by atoms with E-state index in [1.807, 2.05) is 0 Å². The fraction of sp³-hybridized carbons (Fsp3) is 1.00. The average Bonchev–Trinajstić information content (AvgIpc) is 2.64. The van der Waals surface area contributed by atoms with E-state index in [9.17, 15) is 0 Å². The van der Waals surface area contributed by atoms with Gasteiger partial charge in [-0.1, -0.05) is 33.6 Å². The quantitative estimate of drug-likeness (QED) is 0.821. The largest absolute Gasteiger partial charge is 0.313 e. The fourth-order valence-corrected chi connectivity index (χ4v) is 4.12. The second-order valence-corrected chi connectivity index (χ2v) is 7.70. The summed E-state index contributed by atoms with van der Waals surface area (Å²) in [5, 5.41) is 3.81. The minimum atomic E-state index is 0.800. The second-order valence-electron chi connectivity index (χ2n) is 7.70. The molecule has 2 heteroatoms. The van der Waals surface area contributed by atoms with Gasteiger partial charge in [0, 0.05) is 19.1 Å². The summed E-state index contributed by atoms with van der Waals surface area (Å²) in [6, 6.07) is 0.800. The van der Waals surface area contributed by atoms with Crippen LogP contribution in [0.15, 0.2) is 0 Å². The highest BCUT2D eigenvalue weighted by Gasteiger charge is 2.20. The Kier molecular flexibility index (Phi) is 6.83. The highest BCUT2D eigenvalue weighted by atomic mass is 15.1. The van der Waals surface area contributed by atoms with E-state index in [1.54, 1.807) is 0 Å². The van der Waals surface area contributed by atoms with Crippen LogP contribution in [0.25, 0.3) is 0 Å².